The van der Waals surface area contributed by atoms with Gasteiger partial charge in [0.15, 0.2) is 23.3 Å². The average Bonchev–Trinajstić information content (AvgIpc) is 3.05. The number of fused-ring (bicyclic) bond motifs is 4. The molecule has 1 aliphatic heterocycles. The second-order valence-electron chi connectivity index (χ2n) is 10.3. The van der Waals surface area contributed by atoms with Crippen LogP contribution in [0.15, 0.2) is 72.8 Å². The van der Waals surface area contributed by atoms with Crippen molar-refractivity contribution in [2.75, 3.05) is 9.80 Å². The Morgan fingerprint density at radius 2 is 0.682 bits per heavy atom. The van der Waals surface area contributed by atoms with Crippen LogP contribution in [0.1, 0.15) is 33.4 Å². The second kappa shape index (κ2) is 9.89. The van der Waals surface area contributed by atoms with Gasteiger partial charge in [-0.15, -0.1) is 0 Å². The van der Waals surface area contributed by atoms with E-state index >= 15 is 0 Å². The van der Waals surface area contributed by atoms with Crippen LogP contribution >= 0.6 is 0 Å². The van der Waals surface area contributed by atoms with Crippen LogP contribution < -0.4 is 9.80 Å². The number of rotatable bonds is 2. The van der Waals surface area contributed by atoms with E-state index in [2.05, 4.69) is 24.3 Å². The van der Waals surface area contributed by atoms with Crippen molar-refractivity contribution in [1.29, 1.82) is 21.0 Å². The number of nitrogens with zero attached hydrogens (tertiary/aromatic N) is 10. The first-order valence-corrected chi connectivity index (χ1v) is 13.5. The maximum Gasteiger partial charge on any atom is 0.183 e. The number of aryl methyl sites for hydroxylation is 2. The van der Waals surface area contributed by atoms with E-state index in [4.69, 9.17) is 19.9 Å². The molecule has 0 unspecified atom stereocenters. The molecule has 10 nitrogen and oxygen atoms in total. The van der Waals surface area contributed by atoms with Crippen LogP contribution in [0.25, 0.3) is 22.1 Å². The molecule has 6 aromatic rings. The van der Waals surface area contributed by atoms with E-state index in [1.165, 1.54) is 0 Å². The number of anilines is 6. The van der Waals surface area contributed by atoms with Crippen molar-refractivity contribution in [3.63, 3.8) is 0 Å². The molecule has 3 heterocycles. The van der Waals surface area contributed by atoms with Crippen LogP contribution in [0.2, 0.25) is 0 Å². The van der Waals surface area contributed by atoms with Crippen LogP contribution in [0.4, 0.5) is 34.6 Å². The molecule has 0 spiro atoms. The summed E-state index contributed by atoms with van der Waals surface area (Å²) in [6, 6.07) is 30.3. The quantitative estimate of drug-likeness (QED) is 0.215. The Kier molecular flexibility index (Phi) is 5.85. The minimum atomic E-state index is 0.200. The van der Waals surface area contributed by atoms with Crippen molar-refractivity contribution in [1.82, 2.24) is 19.9 Å². The second-order valence-corrected chi connectivity index (χ2v) is 10.3. The summed E-state index contributed by atoms with van der Waals surface area (Å²) >= 11 is 0. The Labute approximate surface area is 251 Å². The first-order valence-electron chi connectivity index (χ1n) is 13.5. The van der Waals surface area contributed by atoms with Crippen molar-refractivity contribution in [2.45, 2.75) is 13.8 Å². The first-order chi connectivity index (χ1) is 21.4. The predicted molar refractivity (Wildman–Crippen MR) is 164 cm³/mol. The van der Waals surface area contributed by atoms with Gasteiger partial charge in [0.05, 0.1) is 44.3 Å². The summed E-state index contributed by atoms with van der Waals surface area (Å²) in [5.74, 6) is 1.74. The van der Waals surface area contributed by atoms with Crippen LogP contribution in [-0.2, 0) is 0 Å². The zero-order valence-corrected chi connectivity index (χ0v) is 23.4. The molecule has 0 N–H and O–H groups in total. The number of nitriles is 4. The Hall–Kier alpha value is -6.88. The minimum absolute atomic E-state index is 0.200. The fourth-order valence-corrected chi connectivity index (χ4v) is 5.22. The van der Waals surface area contributed by atoms with Gasteiger partial charge < -0.3 is 0 Å². The van der Waals surface area contributed by atoms with E-state index < -0.39 is 0 Å². The van der Waals surface area contributed by atoms with Gasteiger partial charge in [-0.1, -0.05) is 35.4 Å². The molecule has 0 fully saturated rings. The third kappa shape index (κ3) is 4.00. The highest BCUT2D eigenvalue weighted by molar-refractivity contribution is 6.00. The number of hydrogen-bond acceptors (Lipinski definition) is 10. The van der Waals surface area contributed by atoms with Crippen molar-refractivity contribution in [3.05, 3.63) is 106 Å². The molecule has 0 radical (unpaired) electrons. The largest absolute Gasteiger partial charge is 0.273 e. The average molecular weight is 567 g/mol. The third-order valence-corrected chi connectivity index (χ3v) is 7.45. The summed E-state index contributed by atoms with van der Waals surface area (Å²) < 4.78 is 0. The molecule has 1 aliphatic rings. The monoisotopic (exact) mass is 566 g/mol. The summed E-state index contributed by atoms with van der Waals surface area (Å²) in [6.45, 7) is 3.99. The molecule has 0 amide bonds. The fraction of sp³-hybridized carbons (Fsp3) is 0.0588. The van der Waals surface area contributed by atoms with Gasteiger partial charge >= 0.3 is 0 Å². The summed E-state index contributed by atoms with van der Waals surface area (Å²) in [7, 11) is 0. The normalized spacial score (nSPS) is 11.7. The highest BCUT2D eigenvalue weighted by Gasteiger charge is 2.36. The molecule has 0 atom stereocenters. The van der Waals surface area contributed by atoms with Gasteiger partial charge in [0.1, 0.15) is 24.3 Å². The molecular formula is C34H18N10. The topological polar surface area (TPSA) is 153 Å². The highest BCUT2D eigenvalue weighted by Crippen LogP contribution is 2.52. The molecule has 7 rings (SSSR count). The zero-order chi connectivity index (χ0) is 30.5. The first kappa shape index (κ1) is 26.0. The molecule has 10 heteroatoms. The van der Waals surface area contributed by atoms with E-state index in [0.29, 0.717) is 45.3 Å². The Bertz CT molecular complexity index is 2060. The van der Waals surface area contributed by atoms with Crippen molar-refractivity contribution in [2.24, 2.45) is 0 Å². The van der Waals surface area contributed by atoms with Crippen LogP contribution in [0.3, 0.4) is 0 Å². The maximum atomic E-state index is 9.70. The predicted octanol–water partition coefficient (Wildman–Crippen LogP) is 6.93. The molecule has 204 valence electrons. The molecule has 0 saturated carbocycles. The molecule has 0 aliphatic carbocycles. The standard InChI is InChI=1S/C34H18N10/c1-19-3-7-25(8-4-19)43-31-33(41-29-13-23(17-37)21(15-35)11-27(29)39-31)44(26-9-5-20(2)6-10-26)34-32(43)40-28-12-22(16-36)24(18-38)14-30(28)42-34/h3-14H,1-2H3. The van der Waals surface area contributed by atoms with Gasteiger partial charge in [0.25, 0.3) is 0 Å². The van der Waals surface area contributed by atoms with Gasteiger partial charge in [0.2, 0.25) is 0 Å². The van der Waals surface area contributed by atoms with E-state index in [1.807, 2.05) is 72.2 Å². The van der Waals surface area contributed by atoms with E-state index in [-0.39, 0.29) is 22.3 Å². The van der Waals surface area contributed by atoms with E-state index in [1.54, 1.807) is 24.3 Å². The highest BCUT2D eigenvalue weighted by atomic mass is 15.4. The summed E-state index contributed by atoms with van der Waals surface area (Å²) in [4.78, 5) is 23.7. The van der Waals surface area contributed by atoms with Crippen molar-refractivity contribution < 1.29 is 0 Å². The minimum Gasteiger partial charge on any atom is -0.273 e. The molecular weight excluding hydrogens is 548 g/mol. The van der Waals surface area contributed by atoms with Gasteiger partial charge in [0, 0.05) is 11.4 Å². The van der Waals surface area contributed by atoms with Gasteiger partial charge in [-0.05, 0) is 62.4 Å². The fourth-order valence-electron chi connectivity index (χ4n) is 5.22. The maximum absolute atomic E-state index is 9.70. The Morgan fingerprint density at radius 1 is 0.432 bits per heavy atom. The Balaban J connectivity index is 1.62. The summed E-state index contributed by atoms with van der Waals surface area (Å²) in [5, 5.41) is 38.8. The van der Waals surface area contributed by atoms with E-state index in [0.717, 1.165) is 22.5 Å². The van der Waals surface area contributed by atoms with Crippen LogP contribution in [-0.4, -0.2) is 19.9 Å². The molecule has 2 aromatic heterocycles. The lowest BCUT2D eigenvalue weighted by molar-refractivity contribution is 1.02. The SMILES string of the molecule is Cc1ccc(N2c3nc4cc(C#N)c(C#N)cc4nc3N(c3ccc(C)cc3)c3nc4cc(C#N)c(C#N)cc4nc32)cc1. The van der Waals surface area contributed by atoms with E-state index in [9.17, 15) is 21.0 Å². The van der Waals surface area contributed by atoms with Crippen LogP contribution in [0.5, 0.6) is 0 Å². The summed E-state index contributed by atoms with van der Waals surface area (Å²) in [5.41, 5.74) is 6.14. The lowest BCUT2D eigenvalue weighted by Crippen LogP contribution is -2.28. The number of hydrogen-bond donors (Lipinski definition) is 0. The van der Waals surface area contributed by atoms with Crippen LogP contribution in [0, 0.1) is 59.2 Å². The smallest absolute Gasteiger partial charge is 0.183 e. The lowest BCUT2D eigenvalue weighted by Gasteiger charge is -2.37. The zero-order valence-electron chi connectivity index (χ0n) is 23.4. The van der Waals surface area contributed by atoms with Gasteiger partial charge in [-0.2, -0.15) is 21.0 Å². The molecule has 0 saturated heterocycles. The van der Waals surface area contributed by atoms with Gasteiger partial charge in [-0.3, -0.25) is 9.80 Å². The Morgan fingerprint density at radius 3 is 0.909 bits per heavy atom. The third-order valence-electron chi connectivity index (χ3n) is 7.45. The lowest BCUT2D eigenvalue weighted by atomic mass is 10.1. The molecule has 4 aromatic carbocycles. The van der Waals surface area contributed by atoms with Crippen molar-refractivity contribution >= 4 is 56.7 Å². The molecule has 0 bridgehead atoms. The number of aromatic nitrogens is 4. The van der Waals surface area contributed by atoms with Crippen molar-refractivity contribution in [3.8, 4) is 24.3 Å². The molecule has 44 heavy (non-hydrogen) atoms. The number of benzene rings is 4. The van der Waals surface area contributed by atoms with Gasteiger partial charge in [-0.25, -0.2) is 19.9 Å². The summed E-state index contributed by atoms with van der Waals surface area (Å²) in [6.07, 6.45) is 0.